The van der Waals surface area contributed by atoms with E-state index in [0.29, 0.717) is 11.5 Å². The van der Waals surface area contributed by atoms with Crippen LogP contribution in [0.5, 0.6) is 0 Å². The van der Waals surface area contributed by atoms with Crippen LogP contribution in [0.25, 0.3) is 10.8 Å². The molecule has 1 N–H and O–H groups in total. The summed E-state index contributed by atoms with van der Waals surface area (Å²) in [6, 6.07) is 6.78. The Morgan fingerprint density at radius 1 is 1.22 bits per heavy atom. The Morgan fingerprint density at radius 2 is 2.00 bits per heavy atom. The number of amides is 1. The van der Waals surface area contributed by atoms with Crippen molar-refractivity contribution in [3.05, 3.63) is 58.8 Å². The minimum Gasteiger partial charge on any atom is -0.419 e. The normalized spacial score (nSPS) is 10.7. The van der Waals surface area contributed by atoms with Gasteiger partial charge in [-0.05, 0) is 29.1 Å². The number of hydrogen-bond donors (Lipinski definition) is 1. The molecule has 5 nitrogen and oxygen atoms in total. The molecule has 0 aliphatic heterocycles. The summed E-state index contributed by atoms with van der Waals surface area (Å²) in [4.78, 5) is 12.6. The summed E-state index contributed by atoms with van der Waals surface area (Å²) in [5, 5.41) is 12.1. The molecule has 0 aliphatic carbocycles. The lowest BCUT2D eigenvalue weighted by Crippen LogP contribution is -2.24. The monoisotopic (exact) mass is 335 g/mol. The summed E-state index contributed by atoms with van der Waals surface area (Å²) in [5.41, 5.74) is 0.334. The van der Waals surface area contributed by atoms with Crippen LogP contribution in [0.1, 0.15) is 11.5 Å². The van der Waals surface area contributed by atoms with Crippen LogP contribution in [0.4, 0.5) is 8.78 Å². The minimum atomic E-state index is -0.688. The molecule has 23 heavy (non-hydrogen) atoms. The molecule has 118 valence electrons. The van der Waals surface area contributed by atoms with E-state index in [9.17, 15) is 13.6 Å². The smallest absolute Gasteiger partial charge is 0.257 e. The van der Waals surface area contributed by atoms with Crippen LogP contribution in [-0.2, 0) is 17.8 Å². The zero-order valence-electron chi connectivity index (χ0n) is 11.8. The number of thiophene rings is 1. The molecule has 0 saturated heterocycles. The Kier molecular flexibility index (Phi) is 4.42. The number of benzene rings is 1. The van der Waals surface area contributed by atoms with Gasteiger partial charge in [-0.15, -0.1) is 21.5 Å². The van der Waals surface area contributed by atoms with E-state index in [4.69, 9.17) is 4.42 Å². The minimum absolute atomic E-state index is 0.0133. The average Bonchev–Trinajstić information content (AvgIpc) is 3.14. The third kappa shape index (κ3) is 3.98. The van der Waals surface area contributed by atoms with E-state index in [1.54, 1.807) is 0 Å². The predicted octanol–water partition coefficient (Wildman–Crippen LogP) is 2.94. The molecular formula is C15H11F2N3O2S. The Bertz CT molecular complexity index is 798. The van der Waals surface area contributed by atoms with Gasteiger partial charge in [-0.25, -0.2) is 8.78 Å². The summed E-state index contributed by atoms with van der Waals surface area (Å²) in [6.07, 6.45) is -0.101. The molecule has 1 amide bonds. The standard InChI is InChI=1S/C15H11F2N3O2S/c16-10-4-9(5-11(17)6-10)8-18-13(21)7-14-19-20-15(22-14)12-2-1-3-23-12/h1-6H,7-8H2,(H,18,21). The van der Waals surface area contributed by atoms with Crippen molar-refractivity contribution in [2.75, 3.05) is 0 Å². The van der Waals surface area contributed by atoms with Gasteiger partial charge < -0.3 is 9.73 Å². The summed E-state index contributed by atoms with van der Waals surface area (Å²) in [7, 11) is 0. The maximum absolute atomic E-state index is 13.1. The molecule has 0 unspecified atom stereocenters. The number of nitrogens with one attached hydrogen (secondary N) is 1. The number of halogens is 2. The SMILES string of the molecule is O=C(Cc1nnc(-c2cccs2)o1)NCc1cc(F)cc(F)c1. The van der Waals surface area contributed by atoms with Crippen LogP contribution in [-0.4, -0.2) is 16.1 Å². The Balaban J connectivity index is 1.57. The van der Waals surface area contributed by atoms with E-state index in [1.807, 2.05) is 17.5 Å². The third-order valence-electron chi connectivity index (χ3n) is 2.92. The van der Waals surface area contributed by atoms with Gasteiger partial charge in [-0.3, -0.25) is 4.79 Å². The second-order valence-electron chi connectivity index (χ2n) is 4.71. The van der Waals surface area contributed by atoms with Crippen molar-refractivity contribution in [1.82, 2.24) is 15.5 Å². The fourth-order valence-corrected chi connectivity index (χ4v) is 2.58. The van der Waals surface area contributed by atoms with Crippen molar-refractivity contribution in [3.63, 3.8) is 0 Å². The summed E-state index contributed by atoms with van der Waals surface area (Å²) >= 11 is 1.45. The van der Waals surface area contributed by atoms with E-state index in [-0.39, 0.29) is 24.8 Å². The second kappa shape index (κ2) is 6.66. The van der Waals surface area contributed by atoms with E-state index < -0.39 is 11.6 Å². The van der Waals surface area contributed by atoms with E-state index in [2.05, 4.69) is 15.5 Å². The zero-order chi connectivity index (χ0) is 16.2. The van der Waals surface area contributed by atoms with Gasteiger partial charge in [0.2, 0.25) is 11.8 Å². The second-order valence-corrected chi connectivity index (χ2v) is 5.66. The lowest BCUT2D eigenvalue weighted by atomic mass is 10.2. The highest BCUT2D eigenvalue weighted by atomic mass is 32.1. The predicted molar refractivity (Wildman–Crippen MR) is 79.5 cm³/mol. The molecule has 1 aromatic carbocycles. The molecule has 2 aromatic heterocycles. The highest BCUT2D eigenvalue weighted by molar-refractivity contribution is 7.13. The van der Waals surface area contributed by atoms with Gasteiger partial charge in [-0.1, -0.05) is 6.07 Å². The number of nitrogens with zero attached hydrogens (tertiary/aromatic N) is 2. The lowest BCUT2D eigenvalue weighted by Gasteiger charge is -2.04. The van der Waals surface area contributed by atoms with Crippen molar-refractivity contribution in [2.24, 2.45) is 0 Å². The topological polar surface area (TPSA) is 68.0 Å². The molecule has 0 spiro atoms. The fraction of sp³-hybridized carbons (Fsp3) is 0.133. The van der Waals surface area contributed by atoms with Crippen LogP contribution >= 0.6 is 11.3 Å². The summed E-state index contributed by atoms with van der Waals surface area (Å²) in [5.74, 6) is -1.22. The van der Waals surface area contributed by atoms with Crippen LogP contribution < -0.4 is 5.32 Å². The molecule has 0 fully saturated rings. The Labute approximate surface area is 134 Å². The van der Waals surface area contributed by atoms with Crippen LogP contribution in [0.15, 0.2) is 40.1 Å². The number of rotatable bonds is 5. The number of aromatic nitrogens is 2. The number of hydrogen-bond acceptors (Lipinski definition) is 5. The van der Waals surface area contributed by atoms with Crippen molar-refractivity contribution in [3.8, 4) is 10.8 Å². The zero-order valence-corrected chi connectivity index (χ0v) is 12.6. The van der Waals surface area contributed by atoms with Crippen molar-refractivity contribution < 1.29 is 18.0 Å². The molecule has 0 aliphatic rings. The third-order valence-corrected chi connectivity index (χ3v) is 3.78. The first-order valence-electron chi connectivity index (χ1n) is 6.68. The molecule has 3 aromatic rings. The summed E-state index contributed by atoms with van der Waals surface area (Å²) in [6.45, 7) is 0.0133. The van der Waals surface area contributed by atoms with Gasteiger partial charge in [0.25, 0.3) is 5.89 Å². The van der Waals surface area contributed by atoms with Gasteiger partial charge in [0, 0.05) is 12.6 Å². The maximum Gasteiger partial charge on any atom is 0.257 e. The van der Waals surface area contributed by atoms with Crippen LogP contribution in [0.2, 0.25) is 0 Å². The first-order chi connectivity index (χ1) is 11.1. The largest absolute Gasteiger partial charge is 0.419 e. The number of carbonyl (C=O) groups excluding carboxylic acids is 1. The Hall–Kier alpha value is -2.61. The van der Waals surface area contributed by atoms with Gasteiger partial charge in [0.05, 0.1) is 4.88 Å². The quantitative estimate of drug-likeness (QED) is 0.778. The van der Waals surface area contributed by atoms with Gasteiger partial charge in [0.1, 0.15) is 18.1 Å². The molecule has 0 bridgehead atoms. The molecular weight excluding hydrogens is 324 g/mol. The lowest BCUT2D eigenvalue weighted by molar-refractivity contribution is -0.120. The van der Waals surface area contributed by atoms with Gasteiger partial charge in [0.15, 0.2) is 0 Å². The molecule has 2 heterocycles. The van der Waals surface area contributed by atoms with E-state index in [1.165, 1.54) is 11.3 Å². The molecule has 8 heteroatoms. The number of carbonyl (C=O) groups is 1. The maximum atomic E-state index is 13.1. The first-order valence-corrected chi connectivity index (χ1v) is 7.56. The first kappa shape index (κ1) is 15.3. The van der Waals surface area contributed by atoms with E-state index in [0.717, 1.165) is 23.1 Å². The summed E-state index contributed by atoms with van der Waals surface area (Å²) < 4.78 is 31.5. The molecule has 0 atom stereocenters. The average molecular weight is 335 g/mol. The van der Waals surface area contributed by atoms with Crippen molar-refractivity contribution in [2.45, 2.75) is 13.0 Å². The van der Waals surface area contributed by atoms with Crippen molar-refractivity contribution >= 4 is 17.2 Å². The van der Waals surface area contributed by atoms with Crippen LogP contribution in [0, 0.1) is 11.6 Å². The molecule has 0 radical (unpaired) electrons. The Morgan fingerprint density at radius 3 is 2.70 bits per heavy atom. The van der Waals surface area contributed by atoms with Gasteiger partial charge >= 0.3 is 0 Å². The van der Waals surface area contributed by atoms with E-state index >= 15 is 0 Å². The molecule has 0 saturated carbocycles. The van der Waals surface area contributed by atoms with Crippen LogP contribution in [0.3, 0.4) is 0 Å². The van der Waals surface area contributed by atoms with Gasteiger partial charge in [-0.2, -0.15) is 0 Å². The van der Waals surface area contributed by atoms with Crippen molar-refractivity contribution in [1.29, 1.82) is 0 Å². The molecule has 3 rings (SSSR count). The highest BCUT2D eigenvalue weighted by Crippen LogP contribution is 2.22. The highest BCUT2D eigenvalue weighted by Gasteiger charge is 2.13. The fourth-order valence-electron chi connectivity index (χ4n) is 1.94.